The summed E-state index contributed by atoms with van der Waals surface area (Å²) in [7, 11) is 1.32. The second kappa shape index (κ2) is 13.4. The first kappa shape index (κ1) is 29.8. The van der Waals surface area contributed by atoms with Crippen molar-refractivity contribution >= 4 is 73.4 Å². The zero-order valence-electron chi connectivity index (χ0n) is 22.6. The van der Waals surface area contributed by atoms with Crippen LogP contribution in [0, 0.1) is 5.92 Å². The largest absolute Gasteiger partial charge is 0.465 e. The number of nitrogens with zero attached hydrogens (tertiary/aromatic N) is 2. The number of esters is 2. The molecule has 0 aliphatic heterocycles. The lowest BCUT2D eigenvalue weighted by atomic mass is 9.88. The fourth-order valence-electron chi connectivity index (χ4n) is 4.50. The second-order valence-corrected chi connectivity index (χ2v) is 12.4. The normalized spacial score (nSPS) is 15.0. The summed E-state index contributed by atoms with van der Waals surface area (Å²) in [5, 5.41) is 3.39. The van der Waals surface area contributed by atoms with Crippen molar-refractivity contribution in [1.82, 2.24) is 4.57 Å². The van der Waals surface area contributed by atoms with Crippen LogP contribution in [-0.2, 0) is 38.4 Å². The Balaban J connectivity index is 1.43. The van der Waals surface area contributed by atoms with Gasteiger partial charge >= 0.3 is 11.9 Å². The van der Waals surface area contributed by atoms with Crippen LogP contribution in [0.25, 0.3) is 10.2 Å². The van der Waals surface area contributed by atoms with Gasteiger partial charge in [0.25, 0.3) is 5.91 Å². The highest BCUT2D eigenvalue weighted by molar-refractivity contribution is 8.00. The van der Waals surface area contributed by atoms with Crippen LogP contribution >= 0.6 is 34.4 Å². The fourth-order valence-corrected chi connectivity index (χ4v) is 7.61. The number of fused-ring (bicyclic) bond motifs is 2. The van der Waals surface area contributed by atoms with E-state index in [2.05, 4.69) is 23.8 Å². The van der Waals surface area contributed by atoms with E-state index in [4.69, 9.17) is 9.47 Å². The number of ether oxygens (including phenoxy) is 2. The highest BCUT2D eigenvalue weighted by atomic mass is 32.2. The zero-order valence-corrected chi connectivity index (χ0v) is 25.1. The van der Waals surface area contributed by atoms with E-state index < -0.39 is 11.9 Å². The van der Waals surface area contributed by atoms with E-state index >= 15 is 0 Å². The topological polar surface area (TPSA) is 116 Å². The molecule has 212 valence electrons. The van der Waals surface area contributed by atoms with Crippen LogP contribution in [0.4, 0.5) is 5.00 Å². The number of nitrogens with one attached hydrogen (secondary N) is 1. The Morgan fingerprint density at radius 1 is 1.23 bits per heavy atom. The molecule has 2 amide bonds. The number of anilines is 1. The van der Waals surface area contributed by atoms with Gasteiger partial charge in [-0.25, -0.2) is 9.59 Å². The van der Waals surface area contributed by atoms with Gasteiger partial charge < -0.3 is 19.4 Å². The van der Waals surface area contributed by atoms with Crippen molar-refractivity contribution < 1.29 is 28.7 Å². The molecule has 1 aliphatic carbocycles. The van der Waals surface area contributed by atoms with Gasteiger partial charge in [-0.1, -0.05) is 24.3 Å². The third kappa shape index (κ3) is 6.73. The smallest absolute Gasteiger partial charge is 0.341 e. The summed E-state index contributed by atoms with van der Waals surface area (Å²) in [6.45, 7) is 8.42. The Kier molecular flexibility index (Phi) is 9.99. The molecule has 40 heavy (non-hydrogen) atoms. The number of amides is 2. The molecule has 0 radical (unpaired) electrons. The lowest BCUT2D eigenvalue weighted by Crippen LogP contribution is -2.19. The molecule has 1 atom stereocenters. The van der Waals surface area contributed by atoms with Gasteiger partial charge in [0.2, 0.25) is 5.91 Å². The summed E-state index contributed by atoms with van der Waals surface area (Å²) < 4.78 is 12.7. The number of carbonyl (C=O) groups is 4. The van der Waals surface area contributed by atoms with Gasteiger partial charge in [0.15, 0.2) is 4.80 Å². The molecular formula is C28H31N3O6S3. The van der Waals surface area contributed by atoms with Crippen LogP contribution in [0.5, 0.6) is 0 Å². The molecule has 9 nitrogen and oxygen atoms in total. The lowest BCUT2D eigenvalue weighted by molar-refractivity contribution is -0.115. The Morgan fingerprint density at radius 2 is 2.02 bits per heavy atom. The number of thioether (sulfide) groups is 1. The molecule has 1 aliphatic rings. The third-order valence-electron chi connectivity index (χ3n) is 6.34. The maximum absolute atomic E-state index is 12.8. The predicted octanol–water partition coefficient (Wildman–Crippen LogP) is 4.84. The van der Waals surface area contributed by atoms with Gasteiger partial charge in [0, 0.05) is 11.4 Å². The number of hydrogen-bond acceptors (Lipinski definition) is 9. The summed E-state index contributed by atoms with van der Waals surface area (Å²) >= 11 is 3.87. The van der Waals surface area contributed by atoms with Crippen molar-refractivity contribution in [3.05, 3.63) is 57.2 Å². The quantitative estimate of drug-likeness (QED) is 0.261. The number of hydrogen-bond donors (Lipinski definition) is 1. The minimum absolute atomic E-state index is 0.00630. The first-order valence-corrected chi connectivity index (χ1v) is 15.6. The average Bonchev–Trinajstić information content (AvgIpc) is 3.44. The van der Waals surface area contributed by atoms with Crippen molar-refractivity contribution in [2.45, 2.75) is 39.7 Å². The van der Waals surface area contributed by atoms with Crippen LogP contribution in [0.1, 0.15) is 51.4 Å². The Labute approximate surface area is 244 Å². The molecule has 1 unspecified atom stereocenters. The van der Waals surface area contributed by atoms with Crippen molar-refractivity contribution in [2.75, 3.05) is 30.5 Å². The molecule has 0 saturated heterocycles. The first-order chi connectivity index (χ1) is 19.2. The van der Waals surface area contributed by atoms with E-state index in [1.165, 1.54) is 29.8 Å². The first-order valence-electron chi connectivity index (χ1n) is 12.8. The highest BCUT2D eigenvalue weighted by Crippen LogP contribution is 2.40. The van der Waals surface area contributed by atoms with Crippen LogP contribution in [-0.4, -0.2) is 53.5 Å². The van der Waals surface area contributed by atoms with E-state index in [9.17, 15) is 19.2 Å². The molecule has 0 saturated carbocycles. The Hall–Kier alpha value is -3.22. The Morgan fingerprint density at radius 3 is 2.75 bits per heavy atom. The van der Waals surface area contributed by atoms with Gasteiger partial charge in [0.05, 0.1) is 46.6 Å². The number of rotatable bonds is 10. The molecule has 0 fully saturated rings. The maximum atomic E-state index is 12.8. The van der Waals surface area contributed by atoms with Crippen molar-refractivity contribution in [1.29, 1.82) is 0 Å². The minimum atomic E-state index is -0.443. The van der Waals surface area contributed by atoms with E-state index in [1.807, 2.05) is 4.57 Å². The van der Waals surface area contributed by atoms with E-state index in [1.54, 1.807) is 31.2 Å². The van der Waals surface area contributed by atoms with Crippen LogP contribution in [0.2, 0.25) is 0 Å². The SMILES string of the molecule is C=CCn1c(=NC(=O)CSCC(=O)Nc2sc3c(c2C(=O)OCC)CCC(C)C3)sc2cc(C(=O)OC)ccc21. The molecule has 0 spiro atoms. The molecule has 1 aromatic carbocycles. The highest BCUT2D eigenvalue weighted by Gasteiger charge is 2.29. The zero-order chi connectivity index (χ0) is 28.8. The number of allylic oxidation sites excluding steroid dienone is 1. The van der Waals surface area contributed by atoms with Crippen molar-refractivity contribution in [3.8, 4) is 0 Å². The van der Waals surface area contributed by atoms with Crippen molar-refractivity contribution in [3.63, 3.8) is 0 Å². The second-order valence-electron chi connectivity index (χ2n) is 9.28. The number of methoxy groups -OCH3 is 1. The number of thiazole rings is 1. The van der Waals surface area contributed by atoms with Crippen LogP contribution < -0.4 is 10.1 Å². The van der Waals surface area contributed by atoms with Gasteiger partial charge in [-0.15, -0.1) is 29.7 Å². The van der Waals surface area contributed by atoms with Crippen molar-refractivity contribution in [2.24, 2.45) is 10.9 Å². The standard InChI is InChI=1S/C28H31N3O6S3/c1-5-11-31-19-10-8-17(26(34)36-4)13-21(19)40-28(31)30-23(33)15-38-14-22(32)29-25-24(27(35)37-6-2)18-9-7-16(3)12-20(18)39-25/h5,8,10,13,16H,1,6-7,9,11-12,14-15H2,2-4H3,(H,29,32). The minimum Gasteiger partial charge on any atom is -0.465 e. The summed E-state index contributed by atoms with van der Waals surface area (Å²) in [5.41, 5.74) is 2.67. The van der Waals surface area contributed by atoms with E-state index in [0.29, 0.717) is 33.4 Å². The number of benzene rings is 1. The third-order valence-corrected chi connectivity index (χ3v) is 9.47. The molecule has 0 bridgehead atoms. The summed E-state index contributed by atoms with van der Waals surface area (Å²) in [6, 6.07) is 5.16. The lowest BCUT2D eigenvalue weighted by Gasteiger charge is -2.18. The van der Waals surface area contributed by atoms with E-state index in [-0.39, 0.29) is 29.9 Å². The van der Waals surface area contributed by atoms with Gasteiger partial charge in [-0.2, -0.15) is 4.99 Å². The van der Waals surface area contributed by atoms with Gasteiger partial charge in [-0.3, -0.25) is 9.59 Å². The number of carbonyl (C=O) groups excluding carboxylic acids is 4. The fraction of sp³-hybridized carbons (Fsp3) is 0.393. The molecule has 2 heterocycles. The summed E-state index contributed by atoms with van der Waals surface area (Å²) in [5.74, 6) is -0.980. The van der Waals surface area contributed by atoms with Crippen LogP contribution in [0.3, 0.4) is 0 Å². The monoisotopic (exact) mass is 601 g/mol. The molecule has 2 aromatic heterocycles. The molecular weight excluding hydrogens is 571 g/mol. The summed E-state index contributed by atoms with van der Waals surface area (Å²) in [6.07, 6.45) is 4.36. The number of aromatic nitrogens is 1. The molecule has 1 N–H and O–H groups in total. The molecule has 4 rings (SSSR count). The Bertz CT molecular complexity index is 1530. The van der Waals surface area contributed by atoms with Crippen LogP contribution in [0.15, 0.2) is 35.8 Å². The average molecular weight is 602 g/mol. The van der Waals surface area contributed by atoms with E-state index in [0.717, 1.165) is 51.7 Å². The van der Waals surface area contributed by atoms with Gasteiger partial charge in [-0.05, 0) is 55.9 Å². The molecule has 3 aromatic rings. The molecule has 12 heteroatoms. The van der Waals surface area contributed by atoms with Gasteiger partial charge in [0.1, 0.15) is 5.00 Å². The summed E-state index contributed by atoms with van der Waals surface area (Å²) in [4.78, 5) is 55.9. The number of thiophene rings is 1. The maximum Gasteiger partial charge on any atom is 0.341 e. The predicted molar refractivity (Wildman–Crippen MR) is 159 cm³/mol.